The Labute approximate surface area is 138 Å². The zero-order valence-corrected chi connectivity index (χ0v) is 13.8. The second kappa shape index (κ2) is 7.07. The predicted octanol–water partition coefficient (Wildman–Crippen LogP) is 3.49. The Morgan fingerprint density at radius 1 is 1.33 bits per heavy atom. The minimum absolute atomic E-state index is 0.0519. The average molecular weight is 339 g/mol. The van der Waals surface area contributed by atoms with Gasteiger partial charge in [0.2, 0.25) is 5.91 Å². The van der Waals surface area contributed by atoms with Gasteiger partial charge in [-0.05, 0) is 23.6 Å². The molecule has 1 unspecified atom stereocenters. The first kappa shape index (κ1) is 18.0. The van der Waals surface area contributed by atoms with Crippen LogP contribution >= 0.6 is 0 Å². The highest BCUT2D eigenvalue weighted by Crippen LogP contribution is 2.32. The molecule has 0 saturated carbocycles. The van der Waals surface area contributed by atoms with Crippen molar-refractivity contribution in [3.8, 4) is 0 Å². The summed E-state index contributed by atoms with van der Waals surface area (Å²) in [4.78, 5) is 16.2. The van der Waals surface area contributed by atoms with Crippen molar-refractivity contribution in [2.24, 2.45) is 13.0 Å². The molecule has 4 nitrogen and oxygen atoms in total. The minimum atomic E-state index is -4.41. The summed E-state index contributed by atoms with van der Waals surface area (Å²) in [6.07, 6.45) is -1.10. The molecule has 0 aliphatic carbocycles. The zero-order valence-electron chi connectivity index (χ0n) is 13.8. The van der Waals surface area contributed by atoms with E-state index in [-0.39, 0.29) is 18.2 Å². The van der Waals surface area contributed by atoms with E-state index in [4.69, 9.17) is 0 Å². The molecule has 7 heteroatoms. The number of carbonyl (C=O) groups is 1. The minimum Gasteiger partial charge on any atom is -0.349 e. The average Bonchev–Trinajstić information content (AvgIpc) is 2.89. The van der Waals surface area contributed by atoms with Gasteiger partial charge in [0.05, 0.1) is 24.4 Å². The van der Waals surface area contributed by atoms with Gasteiger partial charge in [-0.2, -0.15) is 13.2 Å². The monoisotopic (exact) mass is 339 g/mol. The van der Waals surface area contributed by atoms with Crippen LogP contribution in [0.4, 0.5) is 13.2 Å². The molecule has 0 aliphatic rings. The highest BCUT2D eigenvalue weighted by Gasteiger charge is 2.31. The third-order valence-corrected chi connectivity index (χ3v) is 3.81. The first-order valence-corrected chi connectivity index (χ1v) is 7.60. The van der Waals surface area contributed by atoms with E-state index in [0.717, 1.165) is 17.8 Å². The fourth-order valence-electron chi connectivity index (χ4n) is 2.49. The number of carbonyl (C=O) groups excluding carboxylic acids is 1. The molecule has 0 aliphatic heterocycles. The Balaban J connectivity index is 2.18. The van der Waals surface area contributed by atoms with E-state index < -0.39 is 17.8 Å². The summed E-state index contributed by atoms with van der Waals surface area (Å²) in [7, 11) is 1.78. The molecular formula is C17H20F3N3O. The summed E-state index contributed by atoms with van der Waals surface area (Å²) in [5.41, 5.74) is 0.462. The van der Waals surface area contributed by atoms with Crippen LogP contribution in [0.25, 0.3) is 0 Å². The normalized spacial score (nSPS) is 13.1. The number of amides is 1. The van der Waals surface area contributed by atoms with E-state index in [1.807, 2.05) is 13.8 Å². The summed E-state index contributed by atoms with van der Waals surface area (Å²) in [6, 6.07) is 4.59. The van der Waals surface area contributed by atoms with E-state index in [9.17, 15) is 18.0 Å². The van der Waals surface area contributed by atoms with Crippen molar-refractivity contribution in [1.29, 1.82) is 0 Å². The SMILES string of the molecule is CC(C)C(NC(=O)Cc1cncn1C)c1cccc(C(F)(F)F)c1. The number of aromatic nitrogens is 2. The van der Waals surface area contributed by atoms with Crippen LogP contribution in [0.15, 0.2) is 36.8 Å². The maximum absolute atomic E-state index is 12.9. The standard InChI is InChI=1S/C17H20F3N3O/c1-11(2)16(12-5-4-6-13(7-12)17(18,19)20)22-15(24)8-14-9-21-10-23(14)3/h4-7,9-11,16H,8H2,1-3H3,(H,22,24). The molecule has 2 rings (SSSR count). The van der Waals surface area contributed by atoms with Gasteiger partial charge in [-0.3, -0.25) is 4.79 Å². The molecule has 1 amide bonds. The number of aryl methyl sites for hydroxylation is 1. The fourth-order valence-corrected chi connectivity index (χ4v) is 2.49. The summed E-state index contributed by atoms with van der Waals surface area (Å²) in [5, 5.41) is 2.83. The largest absolute Gasteiger partial charge is 0.416 e. The summed E-state index contributed by atoms with van der Waals surface area (Å²) in [6.45, 7) is 3.71. The molecule has 0 radical (unpaired) electrons. The third kappa shape index (κ3) is 4.37. The molecule has 24 heavy (non-hydrogen) atoms. The lowest BCUT2D eigenvalue weighted by molar-refractivity contribution is -0.137. The van der Waals surface area contributed by atoms with Crippen LogP contribution < -0.4 is 5.32 Å². The van der Waals surface area contributed by atoms with E-state index in [2.05, 4.69) is 10.3 Å². The van der Waals surface area contributed by atoms with Crippen LogP contribution in [0.1, 0.15) is 36.7 Å². The third-order valence-electron chi connectivity index (χ3n) is 3.81. The van der Waals surface area contributed by atoms with Gasteiger partial charge in [-0.25, -0.2) is 4.98 Å². The lowest BCUT2D eigenvalue weighted by Crippen LogP contribution is -2.33. The molecule has 0 fully saturated rings. The highest BCUT2D eigenvalue weighted by atomic mass is 19.4. The maximum atomic E-state index is 12.9. The van der Waals surface area contributed by atoms with Gasteiger partial charge in [-0.1, -0.05) is 26.0 Å². The molecule has 0 spiro atoms. The molecule has 0 bridgehead atoms. The molecule has 0 saturated heterocycles. The lowest BCUT2D eigenvalue weighted by atomic mass is 9.94. The molecular weight excluding hydrogens is 319 g/mol. The Morgan fingerprint density at radius 3 is 2.58 bits per heavy atom. The highest BCUT2D eigenvalue weighted by molar-refractivity contribution is 5.78. The molecule has 2 aromatic rings. The van der Waals surface area contributed by atoms with Crippen molar-refractivity contribution in [2.75, 3.05) is 0 Å². The number of rotatable bonds is 5. The van der Waals surface area contributed by atoms with Crippen LogP contribution in [-0.4, -0.2) is 15.5 Å². The van der Waals surface area contributed by atoms with E-state index in [0.29, 0.717) is 5.56 Å². The molecule has 1 aromatic heterocycles. The predicted molar refractivity (Wildman–Crippen MR) is 84.1 cm³/mol. The van der Waals surface area contributed by atoms with Crippen LogP contribution in [0, 0.1) is 5.92 Å². The maximum Gasteiger partial charge on any atom is 0.416 e. The Kier molecular flexibility index (Phi) is 5.31. The van der Waals surface area contributed by atoms with Crippen molar-refractivity contribution in [2.45, 2.75) is 32.5 Å². The Hall–Kier alpha value is -2.31. The smallest absolute Gasteiger partial charge is 0.349 e. The number of imidazole rings is 1. The van der Waals surface area contributed by atoms with Crippen molar-refractivity contribution >= 4 is 5.91 Å². The molecule has 130 valence electrons. The van der Waals surface area contributed by atoms with Gasteiger partial charge in [0.1, 0.15) is 0 Å². The molecule has 1 atom stereocenters. The summed E-state index contributed by atoms with van der Waals surface area (Å²) in [5.74, 6) is -0.307. The van der Waals surface area contributed by atoms with Gasteiger partial charge in [-0.15, -0.1) is 0 Å². The van der Waals surface area contributed by atoms with Gasteiger partial charge in [0.15, 0.2) is 0 Å². The lowest BCUT2D eigenvalue weighted by Gasteiger charge is -2.24. The van der Waals surface area contributed by atoms with Crippen molar-refractivity contribution in [1.82, 2.24) is 14.9 Å². The number of benzene rings is 1. The number of alkyl halides is 3. The first-order valence-electron chi connectivity index (χ1n) is 7.60. The van der Waals surface area contributed by atoms with Crippen LogP contribution in [0.3, 0.4) is 0 Å². The van der Waals surface area contributed by atoms with Crippen LogP contribution in [0.5, 0.6) is 0 Å². The van der Waals surface area contributed by atoms with Gasteiger partial charge in [0.25, 0.3) is 0 Å². The van der Waals surface area contributed by atoms with Gasteiger partial charge < -0.3 is 9.88 Å². The zero-order chi connectivity index (χ0) is 17.9. The number of hydrogen-bond donors (Lipinski definition) is 1. The van der Waals surface area contributed by atoms with E-state index >= 15 is 0 Å². The van der Waals surface area contributed by atoms with Gasteiger partial charge >= 0.3 is 6.18 Å². The number of nitrogens with zero attached hydrogens (tertiary/aromatic N) is 2. The Bertz CT molecular complexity index is 707. The van der Waals surface area contributed by atoms with E-state index in [1.165, 1.54) is 6.07 Å². The molecule has 1 N–H and O–H groups in total. The van der Waals surface area contributed by atoms with E-state index in [1.54, 1.807) is 30.2 Å². The number of hydrogen-bond acceptors (Lipinski definition) is 2. The summed E-state index contributed by atoms with van der Waals surface area (Å²) >= 11 is 0. The first-order chi connectivity index (χ1) is 11.2. The fraction of sp³-hybridized carbons (Fsp3) is 0.412. The van der Waals surface area contributed by atoms with Crippen molar-refractivity contribution in [3.63, 3.8) is 0 Å². The van der Waals surface area contributed by atoms with Crippen LogP contribution in [0.2, 0.25) is 0 Å². The number of halogens is 3. The second-order valence-corrected chi connectivity index (χ2v) is 6.09. The number of nitrogens with one attached hydrogen (secondary N) is 1. The summed E-state index contributed by atoms with van der Waals surface area (Å²) < 4.78 is 40.4. The van der Waals surface area contributed by atoms with Crippen molar-refractivity contribution < 1.29 is 18.0 Å². The quantitative estimate of drug-likeness (QED) is 0.906. The van der Waals surface area contributed by atoms with Gasteiger partial charge in [0, 0.05) is 18.9 Å². The second-order valence-electron chi connectivity index (χ2n) is 6.09. The van der Waals surface area contributed by atoms with Crippen molar-refractivity contribution in [3.05, 3.63) is 53.6 Å². The Morgan fingerprint density at radius 2 is 2.04 bits per heavy atom. The topological polar surface area (TPSA) is 46.9 Å². The van der Waals surface area contributed by atoms with Crippen LogP contribution in [-0.2, 0) is 24.4 Å². The molecule has 1 heterocycles. The molecule has 1 aromatic carbocycles.